The summed E-state index contributed by atoms with van der Waals surface area (Å²) in [4.78, 5) is 18.1. The Kier molecular flexibility index (Phi) is 5.15. The lowest BCUT2D eigenvalue weighted by Crippen LogP contribution is -2.38. The summed E-state index contributed by atoms with van der Waals surface area (Å²) in [7, 11) is 0. The number of alkyl halides is 3. The van der Waals surface area contributed by atoms with Crippen molar-refractivity contribution in [3.63, 3.8) is 0 Å². The second-order valence-corrected chi connectivity index (χ2v) is 6.40. The van der Waals surface area contributed by atoms with Crippen molar-refractivity contribution >= 4 is 11.8 Å². The van der Waals surface area contributed by atoms with Crippen LogP contribution >= 0.6 is 0 Å². The molecule has 0 aliphatic carbocycles. The Hall–Kier alpha value is -2.57. The van der Waals surface area contributed by atoms with Gasteiger partial charge < -0.3 is 9.64 Å². The van der Waals surface area contributed by atoms with Crippen LogP contribution in [0.5, 0.6) is 5.75 Å². The second-order valence-electron chi connectivity index (χ2n) is 6.40. The molecule has 1 aliphatic heterocycles. The number of anilines is 1. The van der Waals surface area contributed by atoms with E-state index < -0.39 is 11.7 Å². The zero-order valence-electron chi connectivity index (χ0n) is 14.3. The van der Waals surface area contributed by atoms with E-state index in [2.05, 4.69) is 4.98 Å². The maximum Gasteiger partial charge on any atom is 0.417 e. The molecule has 0 bridgehead atoms. The van der Waals surface area contributed by atoms with E-state index in [1.165, 1.54) is 6.07 Å². The van der Waals surface area contributed by atoms with Crippen molar-refractivity contribution in [2.24, 2.45) is 5.92 Å². The summed E-state index contributed by atoms with van der Waals surface area (Å²) >= 11 is 0. The highest BCUT2D eigenvalue weighted by Gasteiger charge is 2.31. The van der Waals surface area contributed by atoms with Crippen LogP contribution in [0.2, 0.25) is 0 Å². The van der Waals surface area contributed by atoms with E-state index in [0.717, 1.165) is 17.8 Å². The molecule has 1 fully saturated rings. The lowest BCUT2D eigenvalue weighted by Gasteiger charge is -2.31. The molecule has 7 heteroatoms. The predicted octanol–water partition coefficient (Wildman–Crippen LogP) is 4.23. The lowest BCUT2D eigenvalue weighted by molar-refractivity contribution is -0.140. The number of benzene rings is 1. The van der Waals surface area contributed by atoms with Gasteiger partial charge in [0.25, 0.3) is 0 Å². The number of hydrogen-bond acceptors (Lipinski definition) is 4. The van der Waals surface area contributed by atoms with E-state index in [1.54, 1.807) is 12.1 Å². The molecule has 26 heavy (non-hydrogen) atoms. The molecule has 0 amide bonds. The summed E-state index contributed by atoms with van der Waals surface area (Å²) in [6.45, 7) is 3.05. The SMILES string of the molecule is Cc1ccc(OC(=O)C2CCN(c3ccc(C(F)(F)F)cn3)CC2)cc1. The van der Waals surface area contributed by atoms with Gasteiger partial charge in [0.1, 0.15) is 11.6 Å². The molecule has 0 radical (unpaired) electrons. The normalized spacial score (nSPS) is 15.8. The lowest BCUT2D eigenvalue weighted by atomic mass is 9.97. The maximum absolute atomic E-state index is 12.6. The van der Waals surface area contributed by atoms with Crippen molar-refractivity contribution in [2.75, 3.05) is 18.0 Å². The molecular formula is C19H19F3N2O2. The minimum Gasteiger partial charge on any atom is -0.426 e. The molecule has 0 atom stereocenters. The number of piperidine rings is 1. The van der Waals surface area contributed by atoms with Gasteiger partial charge in [-0.15, -0.1) is 0 Å². The summed E-state index contributed by atoms with van der Waals surface area (Å²) in [6.07, 6.45) is -2.40. The molecule has 0 spiro atoms. The molecule has 4 nitrogen and oxygen atoms in total. The van der Waals surface area contributed by atoms with Gasteiger partial charge in [0.2, 0.25) is 0 Å². The fraction of sp³-hybridized carbons (Fsp3) is 0.368. The monoisotopic (exact) mass is 364 g/mol. The highest BCUT2D eigenvalue weighted by molar-refractivity contribution is 5.75. The van der Waals surface area contributed by atoms with Crippen molar-refractivity contribution < 1.29 is 22.7 Å². The van der Waals surface area contributed by atoms with E-state index in [9.17, 15) is 18.0 Å². The summed E-state index contributed by atoms with van der Waals surface area (Å²) < 4.78 is 43.2. The first kappa shape index (κ1) is 18.2. The van der Waals surface area contributed by atoms with Crippen LogP contribution in [0.4, 0.5) is 19.0 Å². The average Bonchev–Trinajstić information content (AvgIpc) is 2.63. The fourth-order valence-electron chi connectivity index (χ4n) is 2.89. The van der Waals surface area contributed by atoms with Gasteiger partial charge in [-0.2, -0.15) is 13.2 Å². The van der Waals surface area contributed by atoms with Crippen LogP contribution in [0, 0.1) is 12.8 Å². The van der Waals surface area contributed by atoms with Crippen molar-refractivity contribution in [2.45, 2.75) is 25.9 Å². The molecule has 0 saturated carbocycles. The first-order valence-electron chi connectivity index (χ1n) is 8.39. The fourth-order valence-corrected chi connectivity index (χ4v) is 2.89. The Morgan fingerprint density at radius 3 is 2.31 bits per heavy atom. The van der Waals surface area contributed by atoms with Crippen LogP contribution in [0.1, 0.15) is 24.0 Å². The number of nitrogens with zero attached hydrogens (tertiary/aromatic N) is 2. The third kappa shape index (κ3) is 4.33. The van der Waals surface area contributed by atoms with Crippen LogP contribution in [0.15, 0.2) is 42.6 Å². The maximum atomic E-state index is 12.6. The molecule has 1 aromatic carbocycles. The smallest absolute Gasteiger partial charge is 0.417 e. The Morgan fingerprint density at radius 2 is 1.77 bits per heavy atom. The molecular weight excluding hydrogens is 345 g/mol. The molecule has 1 aromatic heterocycles. The first-order chi connectivity index (χ1) is 12.3. The van der Waals surface area contributed by atoms with Crippen molar-refractivity contribution in [3.8, 4) is 5.75 Å². The molecule has 0 N–H and O–H groups in total. The number of esters is 1. The average molecular weight is 364 g/mol. The van der Waals surface area contributed by atoms with Gasteiger partial charge in [0, 0.05) is 19.3 Å². The minimum atomic E-state index is -4.39. The van der Waals surface area contributed by atoms with Gasteiger partial charge in [0.05, 0.1) is 11.5 Å². The standard InChI is InChI=1S/C19H19F3N2O2/c1-13-2-5-16(6-3-13)26-18(25)14-8-10-24(11-9-14)17-7-4-15(12-23-17)19(20,21)22/h2-7,12,14H,8-11H2,1H3. The summed E-state index contributed by atoms with van der Waals surface area (Å²) in [5.41, 5.74) is 0.319. The number of carbonyl (C=O) groups is 1. The quantitative estimate of drug-likeness (QED) is 0.604. The highest BCUT2D eigenvalue weighted by atomic mass is 19.4. The Labute approximate surface area is 149 Å². The summed E-state index contributed by atoms with van der Waals surface area (Å²) in [5, 5.41) is 0. The van der Waals surface area contributed by atoms with Crippen LogP contribution in [-0.2, 0) is 11.0 Å². The van der Waals surface area contributed by atoms with Crippen LogP contribution < -0.4 is 9.64 Å². The topological polar surface area (TPSA) is 42.4 Å². The van der Waals surface area contributed by atoms with Crippen LogP contribution in [0.25, 0.3) is 0 Å². The van der Waals surface area contributed by atoms with E-state index in [4.69, 9.17) is 4.74 Å². The van der Waals surface area contributed by atoms with Crippen molar-refractivity contribution in [1.82, 2.24) is 4.98 Å². The van der Waals surface area contributed by atoms with Crippen LogP contribution in [0.3, 0.4) is 0 Å². The molecule has 1 aliphatic rings. The third-order valence-electron chi connectivity index (χ3n) is 4.47. The Balaban J connectivity index is 1.55. The van der Waals surface area contributed by atoms with Gasteiger partial charge in [0.15, 0.2) is 0 Å². The second kappa shape index (κ2) is 7.35. The van der Waals surface area contributed by atoms with Gasteiger partial charge in [-0.05, 0) is 44.0 Å². The first-order valence-corrected chi connectivity index (χ1v) is 8.39. The molecule has 2 aromatic rings. The van der Waals surface area contributed by atoms with E-state index in [0.29, 0.717) is 37.5 Å². The predicted molar refractivity (Wildman–Crippen MR) is 91.0 cm³/mol. The van der Waals surface area contributed by atoms with Gasteiger partial charge in [-0.25, -0.2) is 4.98 Å². The molecule has 138 valence electrons. The molecule has 0 unspecified atom stereocenters. The van der Waals surface area contributed by atoms with Gasteiger partial charge in [-0.1, -0.05) is 17.7 Å². The van der Waals surface area contributed by atoms with Crippen molar-refractivity contribution in [1.29, 1.82) is 0 Å². The van der Waals surface area contributed by atoms with Crippen LogP contribution in [-0.4, -0.2) is 24.0 Å². The number of hydrogen-bond donors (Lipinski definition) is 0. The molecule has 3 rings (SSSR count). The van der Waals surface area contributed by atoms with E-state index in [-0.39, 0.29) is 11.9 Å². The number of rotatable bonds is 3. The zero-order chi connectivity index (χ0) is 18.7. The Bertz CT molecular complexity index is 750. The molecule has 1 saturated heterocycles. The highest BCUT2D eigenvalue weighted by Crippen LogP contribution is 2.30. The van der Waals surface area contributed by atoms with E-state index >= 15 is 0 Å². The molecule has 2 heterocycles. The summed E-state index contributed by atoms with van der Waals surface area (Å²) in [5.74, 6) is 0.520. The number of aromatic nitrogens is 1. The third-order valence-corrected chi connectivity index (χ3v) is 4.47. The van der Waals surface area contributed by atoms with Crippen molar-refractivity contribution in [3.05, 3.63) is 53.7 Å². The Morgan fingerprint density at radius 1 is 1.12 bits per heavy atom. The summed E-state index contributed by atoms with van der Waals surface area (Å²) in [6, 6.07) is 9.67. The largest absolute Gasteiger partial charge is 0.426 e. The number of carbonyl (C=O) groups excluding carboxylic acids is 1. The van der Waals surface area contributed by atoms with Gasteiger partial charge >= 0.3 is 12.1 Å². The number of halogens is 3. The number of aryl methyl sites for hydroxylation is 1. The minimum absolute atomic E-state index is 0.220. The van der Waals surface area contributed by atoms with Gasteiger partial charge in [-0.3, -0.25) is 4.79 Å². The number of pyridine rings is 1. The van der Waals surface area contributed by atoms with E-state index in [1.807, 2.05) is 24.0 Å². The zero-order valence-corrected chi connectivity index (χ0v) is 14.3. The number of ether oxygens (including phenoxy) is 1.